The molecule has 138 valence electrons. The molecule has 0 aliphatic heterocycles. The highest BCUT2D eigenvalue weighted by Crippen LogP contribution is 2.20. The minimum Gasteiger partial charge on any atom is -0.491 e. The number of ether oxygens (including phenoxy) is 2. The summed E-state index contributed by atoms with van der Waals surface area (Å²) in [6, 6.07) is 7.89. The number of benzene rings is 1. The van der Waals surface area contributed by atoms with Gasteiger partial charge in [-0.1, -0.05) is 70.7 Å². The Morgan fingerprint density at radius 1 is 1.16 bits per heavy atom. The van der Waals surface area contributed by atoms with Gasteiger partial charge in [0.2, 0.25) is 0 Å². The zero-order valence-corrected chi connectivity index (χ0v) is 16.2. The van der Waals surface area contributed by atoms with Crippen molar-refractivity contribution in [2.45, 2.75) is 34.6 Å². The van der Waals surface area contributed by atoms with E-state index in [1.54, 1.807) is 6.08 Å². The fourth-order valence-corrected chi connectivity index (χ4v) is 1.83. The van der Waals surface area contributed by atoms with Gasteiger partial charge in [-0.2, -0.15) is 0 Å². The Morgan fingerprint density at radius 3 is 2.32 bits per heavy atom. The molecular weight excluding hydrogens is 312 g/mol. The lowest BCUT2D eigenvalue weighted by molar-refractivity contribution is -0.126. The molecular formula is C22H32O3. The third-order valence-electron chi connectivity index (χ3n) is 3.30. The fourth-order valence-electron chi connectivity index (χ4n) is 1.83. The van der Waals surface area contributed by atoms with Crippen molar-refractivity contribution in [2.24, 2.45) is 5.92 Å². The summed E-state index contributed by atoms with van der Waals surface area (Å²) in [5, 5.41) is 0. The van der Waals surface area contributed by atoms with Crippen LogP contribution in [0, 0.1) is 5.92 Å². The number of hydrogen-bond acceptors (Lipinski definition) is 3. The molecule has 0 unspecified atom stereocenters. The number of allylic oxidation sites excluding steroid dienone is 5. The van der Waals surface area contributed by atoms with Gasteiger partial charge < -0.3 is 9.47 Å². The van der Waals surface area contributed by atoms with Gasteiger partial charge in [0, 0.05) is 5.92 Å². The van der Waals surface area contributed by atoms with Crippen molar-refractivity contribution in [3.8, 4) is 5.75 Å². The second-order valence-corrected chi connectivity index (χ2v) is 5.39. The van der Waals surface area contributed by atoms with Crippen molar-refractivity contribution in [1.82, 2.24) is 0 Å². The number of hydrogen-bond donors (Lipinski definition) is 0. The summed E-state index contributed by atoms with van der Waals surface area (Å²) in [7, 11) is 0. The van der Waals surface area contributed by atoms with Crippen LogP contribution in [0.4, 0.5) is 0 Å². The highest BCUT2D eigenvalue weighted by Gasteiger charge is 2.06. The SMILES string of the molecule is C=C/C=C\C(=C/C)c1ccc(OCCOCC(=O)C(C)C)cc1.CC. The van der Waals surface area contributed by atoms with E-state index < -0.39 is 0 Å². The monoisotopic (exact) mass is 344 g/mol. The average molecular weight is 344 g/mol. The summed E-state index contributed by atoms with van der Waals surface area (Å²) in [5.74, 6) is 0.913. The summed E-state index contributed by atoms with van der Waals surface area (Å²) in [5.41, 5.74) is 2.25. The second kappa shape index (κ2) is 14.2. The van der Waals surface area contributed by atoms with Crippen molar-refractivity contribution in [3.63, 3.8) is 0 Å². The number of rotatable bonds is 10. The molecule has 0 saturated heterocycles. The Hall–Kier alpha value is -2.13. The number of ketones is 1. The topological polar surface area (TPSA) is 35.5 Å². The molecule has 0 saturated carbocycles. The highest BCUT2D eigenvalue weighted by atomic mass is 16.5. The number of Topliss-reactive ketones (excluding diaryl/α,β-unsaturated/α-hetero) is 1. The van der Waals surface area contributed by atoms with Crippen molar-refractivity contribution in [3.05, 3.63) is 60.7 Å². The molecule has 0 radical (unpaired) electrons. The molecule has 0 aliphatic rings. The van der Waals surface area contributed by atoms with E-state index in [1.807, 2.05) is 71.0 Å². The lowest BCUT2D eigenvalue weighted by Gasteiger charge is -2.09. The number of carbonyl (C=O) groups excluding carboxylic acids is 1. The molecule has 0 spiro atoms. The smallest absolute Gasteiger partial charge is 0.160 e. The van der Waals surface area contributed by atoms with Crippen molar-refractivity contribution in [1.29, 1.82) is 0 Å². The summed E-state index contributed by atoms with van der Waals surface area (Å²) >= 11 is 0. The molecule has 0 fully saturated rings. The maximum atomic E-state index is 11.4. The standard InChI is InChI=1S/C20H26O3.C2H6/c1-5-7-8-17(6-2)18-9-11-19(12-10-18)23-14-13-22-15-20(21)16(3)4;1-2/h5-12,16H,1,13-15H2,2-4H3;1-2H3/b8-7-,17-6+;. The Kier molecular flexibility index (Phi) is 13.0. The van der Waals surface area contributed by atoms with Crippen molar-refractivity contribution in [2.75, 3.05) is 19.8 Å². The molecule has 3 heteroatoms. The van der Waals surface area contributed by atoms with E-state index in [4.69, 9.17) is 9.47 Å². The van der Waals surface area contributed by atoms with E-state index in [-0.39, 0.29) is 18.3 Å². The van der Waals surface area contributed by atoms with E-state index in [0.29, 0.717) is 13.2 Å². The molecule has 0 heterocycles. The van der Waals surface area contributed by atoms with Crippen LogP contribution < -0.4 is 4.74 Å². The highest BCUT2D eigenvalue weighted by molar-refractivity contribution is 5.81. The van der Waals surface area contributed by atoms with Crippen molar-refractivity contribution >= 4 is 11.4 Å². The Morgan fingerprint density at radius 2 is 1.80 bits per heavy atom. The molecule has 1 aromatic carbocycles. The summed E-state index contributed by atoms with van der Waals surface area (Å²) in [4.78, 5) is 11.4. The van der Waals surface area contributed by atoms with E-state index >= 15 is 0 Å². The Bertz CT molecular complexity index is 551. The van der Waals surface area contributed by atoms with Crippen LogP contribution >= 0.6 is 0 Å². The third kappa shape index (κ3) is 9.68. The summed E-state index contributed by atoms with van der Waals surface area (Å²) < 4.78 is 10.9. The van der Waals surface area contributed by atoms with Crippen LogP contribution in [-0.4, -0.2) is 25.6 Å². The lowest BCUT2D eigenvalue weighted by atomic mass is 10.1. The molecule has 1 rings (SSSR count). The number of carbonyl (C=O) groups is 1. The average Bonchev–Trinajstić information content (AvgIpc) is 2.64. The van der Waals surface area contributed by atoms with Crippen LogP contribution in [0.15, 0.2) is 55.1 Å². The van der Waals surface area contributed by atoms with Crippen LogP contribution in [0.25, 0.3) is 5.57 Å². The lowest BCUT2D eigenvalue weighted by Crippen LogP contribution is -2.17. The molecule has 0 N–H and O–H groups in total. The molecule has 0 bridgehead atoms. The van der Waals surface area contributed by atoms with E-state index in [1.165, 1.54) is 0 Å². The van der Waals surface area contributed by atoms with Gasteiger partial charge in [-0.3, -0.25) is 4.79 Å². The van der Waals surface area contributed by atoms with Gasteiger partial charge in [0.1, 0.15) is 19.0 Å². The fraction of sp³-hybridized carbons (Fsp3) is 0.409. The first-order valence-electron chi connectivity index (χ1n) is 8.87. The second-order valence-electron chi connectivity index (χ2n) is 5.39. The molecule has 0 aromatic heterocycles. The minimum absolute atomic E-state index is 0.0134. The Labute approximate surface area is 153 Å². The largest absolute Gasteiger partial charge is 0.491 e. The van der Waals surface area contributed by atoms with Crippen LogP contribution in [0.5, 0.6) is 5.75 Å². The van der Waals surface area contributed by atoms with Crippen LogP contribution in [0.1, 0.15) is 40.2 Å². The quantitative estimate of drug-likeness (QED) is 0.416. The van der Waals surface area contributed by atoms with Gasteiger partial charge in [-0.25, -0.2) is 0 Å². The zero-order chi connectivity index (χ0) is 19.1. The molecule has 1 aromatic rings. The van der Waals surface area contributed by atoms with Gasteiger partial charge in [-0.05, 0) is 30.2 Å². The zero-order valence-electron chi connectivity index (χ0n) is 16.2. The predicted octanol–water partition coefficient (Wildman–Crippen LogP) is 5.48. The molecule has 0 aliphatic carbocycles. The molecule has 25 heavy (non-hydrogen) atoms. The molecule has 0 amide bonds. The maximum Gasteiger partial charge on any atom is 0.160 e. The van der Waals surface area contributed by atoms with Gasteiger partial charge in [0.15, 0.2) is 5.78 Å². The first kappa shape index (κ1) is 22.9. The van der Waals surface area contributed by atoms with E-state index in [9.17, 15) is 4.79 Å². The van der Waals surface area contributed by atoms with Gasteiger partial charge >= 0.3 is 0 Å². The maximum absolute atomic E-state index is 11.4. The van der Waals surface area contributed by atoms with Crippen molar-refractivity contribution < 1.29 is 14.3 Å². The van der Waals surface area contributed by atoms with Crippen LogP contribution in [-0.2, 0) is 9.53 Å². The third-order valence-corrected chi connectivity index (χ3v) is 3.30. The summed E-state index contributed by atoms with van der Waals surface area (Å²) in [6.45, 7) is 14.4. The van der Waals surface area contributed by atoms with E-state index in [2.05, 4.69) is 12.7 Å². The van der Waals surface area contributed by atoms with Gasteiger partial charge in [0.25, 0.3) is 0 Å². The van der Waals surface area contributed by atoms with Gasteiger partial charge in [-0.15, -0.1) is 0 Å². The first-order chi connectivity index (χ1) is 12.1. The van der Waals surface area contributed by atoms with Crippen LogP contribution in [0.3, 0.4) is 0 Å². The Balaban J connectivity index is 0.00000277. The van der Waals surface area contributed by atoms with E-state index in [0.717, 1.165) is 16.9 Å². The minimum atomic E-state index is 0.0134. The predicted molar refractivity (Wildman–Crippen MR) is 107 cm³/mol. The van der Waals surface area contributed by atoms with Crippen LogP contribution in [0.2, 0.25) is 0 Å². The first-order valence-corrected chi connectivity index (χ1v) is 8.87. The molecule has 3 nitrogen and oxygen atoms in total. The summed E-state index contributed by atoms with van der Waals surface area (Å²) in [6.07, 6.45) is 7.73. The van der Waals surface area contributed by atoms with Gasteiger partial charge in [0.05, 0.1) is 6.61 Å². The normalized spacial score (nSPS) is 11.2. The molecule has 0 atom stereocenters.